The largest absolute Gasteiger partial charge is 0.478 e. The van der Waals surface area contributed by atoms with E-state index in [2.05, 4.69) is 17.9 Å². The molecule has 2 N–H and O–H groups in total. The highest BCUT2D eigenvalue weighted by Crippen LogP contribution is 2.16. The summed E-state index contributed by atoms with van der Waals surface area (Å²) < 4.78 is 4.27. The number of hydrogen-bond acceptors (Lipinski definition) is 4. The zero-order valence-corrected chi connectivity index (χ0v) is 14.2. The number of esters is 1. The number of allylic oxidation sites excluding steroid dienone is 1. The van der Waals surface area contributed by atoms with E-state index >= 15 is 0 Å². The summed E-state index contributed by atoms with van der Waals surface area (Å²) >= 11 is 0. The minimum atomic E-state index is -1.09. The fourth-order valence-electron chi connectivity index (χ4n) is 1.40. The van der Waals surface area contributed by atoms with Crippen molar-refractivity contribution in [1.82, 2.24) is 0 Å². The minimum absolute atomic E-state index is 0.00949. The summed E-state index contributed by atoms with van der Waals surface area (Å²) in [6.07, 6.45) is 3.61. The lowest BCUT2D eigenvalue weighted by Gasteiger charge is -2.08. The van der Waals surface area contributed by atoms with Crippen molar-refractivity contribution in [3.8, 4) is 0 Å². The molecule has 1 unspecified atom stereocenters. The molecule has 0 rings (SSSR count). The van der Waals surface area contributed by atoms with Gasteiger partial charge in [-0.25, -0.2) is 14.4 Å². The maximum absolute atomic E-state index is 10.9. The molecule has 0 bridgehead atoms. The fourth-order valence-corrected chi connectivity index (χ4v) is 1.40. The molecule has 0 radical (unpaired) electrons. The van der Waals surface area contributed by atoms with E-state index in [0.717, 1.165) is 12.8 Å². The smallest absolute Gasteiger partial charge is 0.332 e. The SMILES string of the molecule is C=C(C(=O)O)C(C)C=C(CCCC)C(=O)O.C=C(C)C(=O)OC. The average molecular weight is 326 g/mol. The summed E-state index contributed by atoms with van der Waals surface area (Å²) in [6.45, 7) is 12.0. The first kappa shape index (κ1) is 22.9. The summed E-state index contributed by atoms with van der Waals surface area (Å²) in [7, 11) is 1.33. The number of unbranched alkanes of at least 4 members (excludes halogenated alkanes) is 1. The van der Waals surface area contributed by atoms with Gasteiger partial charge >= 0.3 is 17.9 Å². The Morgan fingerprint density at radius 2 is 1.70 bits per heavy atom. The number of carboxylic acid groups (broad SMARTS) is 2. The van der Waals surface area contributed by atoms with Gasteiger partial charge in [-0.05, 0) is 19.8 Å². The normalized spacial score (nSPS) is 11.6. The molecular formula is C17H26O6. The number of rotatable bonds is 8. The predicted octanol–water partition coefficient (Wildman–Crippen LogP) is 3.20. The maximum Gasteiger partial charge on any atom is 0.332 e. The van der Waals surface area contributed by atoms with E-state index in [1.165, 1.54) is 13.2 Å². The van der Waals surface area contributed by atoms with Crippen LogP contribution in [0.2, 0.25) is 0 Å². The van der Waals surface area contributed by atoms with Crippen molar-refractivity contribution in [3.63, 3.8) is 0 Å². The lowest BCUT2D eigenvalue weighted by Crippen LogP contribution is -2.09. The summed E-state index contributed by atoms with van der Waals surface area (Å²) in [4.78, 5) is 31.7. The molecule has 0 aliphatic rings. The number of carbonyl (C=O) groups excluding carboxylic acids is 1. The number of aliphatic carboxylic acids is 2. The van der Waals surface area contributed by atoms with Crippen LogP contribution < -0.4 is 0 Å². The van der Waals surface area contributed by atoms with Gasteiger partial charge in [-0.15, -0.1) is 0 Å². The van der Waals surface area contributed by atoms with Crippen molar-refractivity contribution < 1.29 is 29.3 Å². The van der Waals surface area contributed by atoms with E-state index in [1.54, 1.807) is 13.8 Å². The standard InChI is InChI=1S/C12H18O4.C5H8O2/c1-4-5-6-10(12(15)16)7-8(2)9(3)11(13)14;1-4(2)5(6)7-3/h7-8H,3-6H2,1-2H3,(H,13,14)(H,15,16);1H2,2-3H3. The molecule has 6 heteroatoms. The van der Waals surface area contributed by atoms with Crippen LogP contribution in [0.25, 0.3) is 0 Å². The lowest BCUT2D eigenvalue weighted by molar-refractivity contribution is -0.136. The van der Waals surface area contributed by atoms with Crippen LogP contribution in [0, 0.1) is 5.92 Å². The Morgan fingerprint density at radius 3 is 1.96 bits per heavy atom. The molecule has 0 heterocycles. The minimum Gasteiger partial charge on any atom is -0.478 e. The van der Waals surface area contributed by atoms with Gasteiger partial charge in [0.15, 0.2) is 0 Å². The van der Waals surface area contributed by atoms with Crippen LogP contribution in [-0.4, -0.2) is 35.2 Å². The van der Waals surface area contributed by atoms with E-state index in [1.807, 2.05) is 6.92 Å². The van der Waals surface area contributed by atoms with Gasteiger partial charge in [-0.2, -0.15) is 0 Å². The second-order valence-corrected chi connectivity index (χ2v) is 4.99. The first-order valence-electron chi connectivity index (χ1n) is 7.18. The number of carboxylic acids is 2. The van der Waals surface area contributed by atoms with E-state index < -0.39 is 17.9 Å². The lowest BCUT2D eigenvalue weighted by atomic mass is 9.97. The van der Waals surface area contributed by atoms with Gasteiger partial charge in [0, 0.05) is 22.6 Å². The molecule has 0 fully saturated rings. The van der Waals surface area contributed by atoms with Crippen LogP contribution in [0.15, 0.2) is 36.0 Å². The van der Waals surface area contributed by atoms with E-state index in [-0.39, 0.29) is 17.1 Å². The highest BCUT2D eigenvalue weighted by molar-refractivity contribution is 5.89. The number of hydrogen-bond donors (Lipinski definition) is 2. The zero-order valence-electron chi connectivity index (χ0n) is 14.2. The van der Waals surface area contributed by atoms with Crippen LogP contribution in [-0.2, 0) is 19.1 Å². The van der Waals surface area contributed by atoms with Crippen LogP contribution in [0.4, 0.5) is 0 Å². The van der Waals surface area contributed by atoms with Crippen LogP contribution in [0.3, 0.4) is 0 Å². The Balaban J connectivity index is 0. The van der Waals surface area contributed by atoms with Gasteiger partial charge in [-0.1, -0.05) is 39.5 Å². The monoisotopic (exact) mass is 326 g/mol. The zero-order chi connectivity index (χ0) is 18.6. The van der Waals surface area contributed by atoms with Crippen molar-refractivity contribution in [1.29, 1.82) is 0 Å². The second kappa shape index (κ2) is 12.2. The Morgan fingerprint density at radius 1 is 1.17 bits per heavy atom. The highest BCUT2D eigenvalue weighted by Gasteiger charge is 2.14. The summed E-state index contributed by atoms with van der Waals surface area (Å²) in [5.74, 6) is -2.89. The van der Waals surface area contributed by atoms with Crippen LogP contribution in [0.5, 0.6) is 0 Å². The molecule has 6 nitrogen and oxygen atoms in total. The molecular weight excluding hydrogens is 300 g/mol. The average Bonchev–Trinajstić information content (AvgIpc) is 2.49. The Labute approximate surface area is 137 Å². The predicted molar refractivity (Wildman–Crippen MR) is 88.0 cm³/mol. The first-order chi connectivity index (χ1) is 10.6. The van der Waals surface area contributed by atoms with E-state index in [4.69, 9.17) is 10.2 Å². The number of ether oxygens (including phenoxy) is 1. The third-order valence-electron chi connectivity index (χ3n) is 2.88. The molecule has 0 aliphatic heterocycles. The van der Waals surface area contributed by atoms with Gasteiger partial charge in [0.25, 0.3) is 0 Å². The van der Waals surface area contributed by atoms with Crippen molar-refractivity contribution in [2.75, 3.05) is 7.11 Å². The number of methoxy groups -OCH3 is 1. The third-order valence-corrected chi connectivity index (χ3v) is 2.88. The van der Waals surface area contributed by atoms with Crippen LogP contribution in [0.1, 0.15) is 40.0 Å². The molecule has 0 spiro atoms. The Hall–Kier alpha value is -2.37. The molecule has 0 saturated carbocycles. The van der Waals surface area contributed by atoms with Gasteiger partial charge in [0.1, 0.15) is 0 Å². The molecule has 1 atom stereocenters. The third kappa shape index (κ3) is 10.9. The summed E-state index contributed by atoms with van der Waals surface area (Å²) in [5, 5.41) is 17.6. The summed E-state index contributed by atoms with van der Waals surface area (Å²) in [6, 6.07) is 0. The van der Waals surface area contributed by atoms with E-state index in [0.29, 0.717) is 12.0 Å². The van der Waals surface area contributed by atoms with Crippen molar-refractivity contribution >= 4 is 17.9 Å². The van der Waals surface area contributed by atoms with Gasteiger partial charge in [0.05, 0.1) is 7.11 Å². The molecule has 130 valence electrons. The topological polar surface area (TPSA) is 101 Å². The quantitative estimate of drug-likeness (QED) is 0.525. The van der Waals surface area contributed by atoms with Gasteiger partial charge < -0.3 is 14.9 Å². The highest BCUT2D eigenvalue weighted by atomic mass is 16.5. The van der Waals surface area contributed by atoms with Gasteiger partial charge in [0.2, 0.25) is 0 Å². The molecule has 0 saturated heterocycles. The molecule has 0 aromatic heterocycles. The molecule has 0 aromatic rings. The van der Waals surface area contributed by atoms with Crippen molar-refractivity contribution in [3.05, 3.63) is 36.0 Å². The van der Waals surface area contributed by atoms with Crippen molar-refractivity contribution in [2.45, 2.75) is 40.0 Å². The Kier molecular flexibility index (Phi) is 12.2. The molecule has 0 amide bonds. The molecule has 0 aromatic carbocycles. The first-order valence-corrected chi connectivity index (χ1v) is 7.18. The fraction of sp³-hybridized carbons (Fsp3) is 0.471. The van der Waals surface area contributed by atoms with E-state index in [9.17, 15) is 14.4 Å². The Bertz CT molecular complexity index is 487. The number of carbonyl (C=O) groups is 3. The van der Waals surface area contributed by atoms with Crippen molar-refractivity contribution in [2.24, 2.45) is 5.92 Å². The molecule has 23 heavy (non-hydrogen) atoms. The second-order valence-electron chi connectivity index (χ2n) is 4.99. The van der Waals surface area contributed by atoms with Gasteiger partial charge in [-0.3, -0.25) is 0 Å². The maximum atomic E-state index is 10.9. The van der Waals surface area contributed by atoms with Crippen LogP contribution >= 0.6 is 0 Å². The molecule has 0 aliphatic carbocycles. The summed E-state index contributed by atoms with van der Waals surface area (Å²) in [5.41, 5.74) is 0.703.